The van der Waals surface area contributed by atoms with E-state index in [1.807, 2.05) is 6.07 Å². The van der Waals surface area contributed by atoms with Crippen LogP contribution in [0, 0.1) is 0 Å². The van der Waals surface area contributed by atoms with Gasteiger partial charge in [-0.15, -0.1) is 0 Å². The lowest BCUT2D eigenvalue weighted by Gasteiger charge is -2.22. The van der Waals surface area contributed by atoms with E-state index in [4.69, 9.17) is 4.74 Å². The molecule has 0 saturated carbocycles. The van der Waals surface area contributed by atoms with Crippen LogP contribution in [0.5, 0.6) is 11.5 Å². The summed E-state index contributed by atoms with van der Waals surface area (Å²) in [7, 11) is 0. The molecule has 228 valence electrons. The molecule has 0 N–H and O–H groups in total. The molecule has 8 aromatic carbocycles. The van der Waals surface area contributed by atoms with Gasteiger partial charge in [-0.3, -0.25) is 0 Å². The van der Waals surface area contributed by atoms with Crippen molar-refractivity contribution >= 4 is 54.4 Å². The number of nitrogens with zero attached hydrogens (tertiary/aromatic N) is 2. The van der Waals surface area contributed by atoms with Gasteiger partial charge in [-0.1, -0.05) is 103 Å². The second-order valence-corrected chi connectivity index (χ2v) is 12.9. The van der Waals surface area contributed by atoms with Crippen molar-refractivity contribution in [2.45, 2.75) is 0 Å². The van der Waals surface area contributed by atoms with Crippen molar-refractivity contribution in [1.82, 2.24) is 9.13 Å². The van der Waals surface area contributed by atoms with Gasteiger partial charge >= 0.3 is 0 Å². The molecule has 0 spiro atoms. The minimum Gasteiger partial charge on any atom is -0.456 e. The van der Waals surface area contributed by atoms with Gasteiger partial charge in [0.25, 0.3) is 0 Å². The van der Waals surface area contributed by atoms with Gasteiger partial charge in [-0.25, -0.2) is 0 Å². The second-order valence-electron chi connectivity index (χ2n) is 12.9. The molecule has 49 heavy (non-hydrogen) atoms. The van der Waals surface area contributed by atoms with Gasteiger partial charge < -0.3 is 13.9 Å². The molecule has 3 heteroatoms. The van der Waals surface area contributed by atoms with Crippen molar-refractivity contribution in [1.29, 1.82) is 0 Å². The zero-order chi connectivity index (χ0) is 32.1. The maximum Gasteiger partial charge on any atom is 0.135 e. The van der Waals surface area contributed by atoms with E-state index >= 15 is 0 Å². The predicted octanol–water partition coefficient (Wildman–Crippen LogP) is 12.5. The highest BCUT2D eigenvalue weighted by Crippen LogP contribution is 2.50. The molecule has 11 rings (SSSR count). The Kier molecular flexibility index (Phi) is 5.38. The normalized spacial score (nSPS) is 12.2. The Balaban J connectivity index is 1.22. The lowest BCUT2D eigenvalue weighted by molar-refractivity contribution is 0.487. The van der Waals surface area contributed by atoms with Gasteiger partial charge in [0.2, 0.25) is 0 Å². The SMILES string of the molecule is c1ccc(-n2c3ccccc3c3ccc(-c4ccc5c(c4)c4c6cccc7c6c(cc4n5-c4ccccc4)-c4ccccc4O7)cc32)cc1. The maximum atomic E-state index is 6.50. The van der Waals surface area contributed by atoms with E-state index in [-0.39, 0.29) is 0 Å². The molecular weight excluding hydrogens is 597 g/mol. The predicted molar refractivity (Wildman–Crippen MR) is 204 cm³/mol. The van der Waals surface area contributed by atoms with Crippen molar-refractivity contribution in [3.8, 4) is 45.1 Å². The number of fused-ring (bicyclic) bond motifs is 9. The number of benzene rings is 8. The summed E-state index contributed by atoms with van der Waals surface area (Å²) in [5, 5.41) is 7.35. The molecule has 0 fully saturated rings. The molecular formula is C46H28N2O. The fourth-order valence-corrected chi connectivity index (χ4v) is 8.19. The number of para-hydroxylation sites is 4. The van der Waals surface area contributed by atoms with E-state index in [0.29, 0.717) is 0 Å². The molecule has 1 aliphatic rings. The molecule has 0 atom stereocenters. The van der Waals surface area contributed by atoms with E-state index in [0.717, 1.165) is 28.4 Å². The Labute approximate surface area is 282 Å². The van der Waals surface area contributed by atoms with Crippen molar-refractivity contribution < 1.29 is 4.74 Å². The Morgan fingerprint density at radius 2 is 0.939 bits per heavy atom. The summed E-state index contributed by atoms with van der Waals surface area (Å²) >= 11 is 0. The van der Waals surface area contributed by atoms with Gasteiger partial charge in [0.1, 0.15) is 11.5 Å². The third-order valence-corrected chi connectivity index (χ3v) is 10.3. The number of hydrogen-bond acceptors (Lipinski definition) is 1. The first kappa shape index (κ1) is 26.5. The fourth-order valence-electron chi connectivity index (χ4n) is 8.19. The van der Waals surface area contributed by atoms with E-state index in [1.165, 1.54) is 71.1 Å². The first-order valence-corrected chi connectivity index (χ1v) is 16.8. The van der Waals surface area contributed by atoms with Gasteiger partial charge in [-0.05, 0) is 88.8 Å². The van der Waals surface area contributed by atoms with Crippen LogP contribution in [0.25, 0.3) is 88.0 Å². The standard InChI is InChI=1S/C46H28N2O/c1-3-12-31(13-4-1)47-39-19-9-7-16-33(39)34-24-22-30(27-41(34)47)29-23-25-40-38(26-29)45-36-18-11-21-44-46(36)37(35-17-8-10-20-43(35)49-44)28-42(45)48(40)32-14-5-2-6-15-32/h1-28H. The molecule has 0 radical (unpaired) electrons. The Morgan fingerprint density at radius 3 is 1.78 bits per heavy atom. The minimum atomic E-state index is 0.898. The van der Waals surface area contributed by atoms with Gasteiger partial charge in [0, 0.05) is 43.9 Å². The highest BCUT2D eigenvalue weighted by Gasteiger charge is 2.25. The Hall–Kier alpha value is -6.58. The molecule has 0 amide bonds. The van der Waals surface area contributed by atoms with Gasteiger partial charge in [-0.2, -0.15) is 0 Å². The summed E-state index contributed by atoms with van der Waals surface area (Å²) in [5.74, 6) is 1.80. The Morgan fingerprint density at radius 1 is 0.327 bits per heavy atom. The summed E-state index contributed by atoms with van der Waals surface area (Å²) < 4.78 is 11.3. The van der Waals surface area contributed by atoms with Gasteiger partial charge in [0.05, 0.1) is 22.1 Å². The first-order valence-electron chi connectivity index (χ1n) is 16.8. The van der Waals surface area contributed by atoms with Crippen LogP contribution in [0.15, 0.2) is 170 Å². The van der Waals surface area contributed by atoms with Crippen molar-refractivity contribution in [2.24, 2.45) is 0 Å². The quantitative estimate of drug-likeness (QED) is 0.191. The molecule has 10 aromatic rings. The average molecular weight is 625 g/mol. The average Bonchev–Trinajstić information content (AvgIpc) is 3.68. The molecule has 0 unspecified atom stereocenters. The zero-order valence-electron chi connectivity index (χ0n) is 26.5. The maximum absolute atomic E-state index is 6.50. The number of rotatable bonds is 3. The first-order chi connectivity index (χ1) is 24.3. The number of hydrogen-bond donors (Lipinski definition) is 0. The summed E-state index contributed by atoms with van der Waals surface area (Å²) in [6, 6.07) is 61.2. The van der Waals surface area contributed by atoms with Crippen molar-refractivity contribution in [2.75, 3.05) is 0 Å². The summed E-state index contributed by atoms with van der Waals surface area (Å²) in [6.07, 6.45) is 0. The van der Waals surface area contributed by atoms with Crippen LogP contribution in [-0.2, 0) is 0 Å². The smallest absolute Gasteiger partial charge is 0.135 e. The van der Waals surface area contributed by atoms with Crippen LogP contribution < -0.4 is 4.74 Å². The zero-order valence-corrected chi connectivity index (χ0v) is 26.5. The molecule has 0 aliphatic carbocycles. The molecule has 3 heterocycles. The molecule has 3 nitrogen and oxygen atoms in total. The fraction of sp³-hybridized carbons (Fsp3) is 0. The van der Waals surface area contributed by atoms with E-state index < -0.39 is 0 Å². The van der Waals surface area contributed by atoms with Crippen LogP contribution in [0.4, 0.5) is 0 Å². The van der Waals surface area contributed by atoms with Crippen molar-refractivity contribution in [3.63, 3.8) is 0 Å². The molecule has 0 saturated heterocycles. The van der Waals surface area contributed by atoms with Crippen LogP contribution >= 0.6 is 0 Å². The lowest BCUT2D eigenvalue weighted by Crippen LogP contribution is -1.98. The van der Waals surface area contributed by atoms with Crippen LogP contribution in [0.1, 0.15) is 0 Å². The molecule has 0 bridgehead atoms. The van der Waals surface area contributed by atoms with Gasteiger partial charge in [0.15, 0.2) is 0 Å². The highest BCUT2D eigenvalue weighted by atomic mass is 16.5. The number of ether oxygens (including phenoxy) is 1. The lowest BCUT2D eigenvalue weighted by atomic mass is 9.91. The van der Waals surface area contributed by atoms with Crippen LogP contribution in [0.2, 0.25) is 0 Å². The van der Waals surface area contributed by atoms with Crippen LogP contribution in [0.3, 0.4) is 0 Å². The van der Waals surface area contributed by atoms with E-state index in [2.05, 4.69) is 173 Å². The van der Waals surface area contributed by atoms with Crippen LogP contribution in [-0.4, -0.2) is 9.13 Å². The molecule has 1 aliphatic heterocycles. The third-order valence-electron chi connectivity index (χ3n) is 10.3. The second kappa shape index (κ2) is 9.96. The van der Waals surface area contributed by atoms with E-state index in [9.17, 15) is 0 Å². The topological polar surface area (TPSA) is 19.1 Å². The van der Waals surface area contributed by atoms with E-state index in [1.54, 1.807) is 0 Å². The third kappa shape index (κ3) is 3.73. The summed E-state index contributed by atoms with van der Waals surface area (Å²) in [5.41, 5.74) is 11.8. The molecule has 2 aromatic heterocycles. The van der Waals surface area contributed by atoms with Crippen molar-refractivity contribution in [3.05, 3.63) is 170 Å². The number of aromatic nitrogens is 2. The largest absolute Gasteiger partial charge is 0.456 e. The summed E-state index contributed by atoms with van der Waals surface area (Å²) in [6.45, 7) is 0. The monoisotopic (exact) mass is 624 g/mol. The highest BCUT2D eigenvalue weighted by molar-refractivity contribution is 6.26. The minimum absolute atomic E-state index is 0.898. The summed E-state index contributed by atoms with van der Waals surface area (Å²) in [4.78, 5) is 0. The Bertz CT molecular complexity index is 2950.